The van der Waals surface area contributed by atoms with Crippen LogP contribution in [0.1, 0.15) is 0 Å². The Hall–Kier alpha value is -1.55. The second-order valence-electron chi connectivity index (χ2n) is 5.17. The average molecular weight is 323 g/mol. The quantitative estimate of drug-likeness (QED) is 0.679. The standard InChI is InChI=1S/C16H16F2NO2P/c1-21-16(14(17)18)15(19-16)22(20,12-8-4-2-5-9-12)13-10-6-3-7-11-13/h2-11,14-15,19H,1H3/t15-,16-/m0/s1. The van der Waals surface area contributed by atoms with E-state index in [1.54, 1.807) is 60.7 Å². The molecule has 1 N–H and O–H groups in total. The number of methoxy groups -OCH3 is 1. The molecule has 0 radical (unpaired) electrons. The fourth-order valence-electron chi connectivity index (χ4n) is 2.72. The largest absolute Gasteiger partial charge is 0.356 e. The molecule has 0 spiro atoms. The summed E-state index contributed by atoms with van der Waals surface area (Å²) in [6.45, 7) is 0. The van der Waals surface area contributed by atoms with Gasteiger partial charge in [0.2, 0.25) is 5.72 Å². The first-order valence-corrected chi connectivity index (χ1v) is 8.65. The van der Waals surface area contributed by atoms with Crippen LogP contribution in [0, 0.1) is 0 Å². The number of benzene rings is 2. The molecule has 2 atom stereocenters. The highest BCUT2D eigenvalue weighted by Crippen LogP contribution is 2.59. The van der Waals surface area contributed by atoms with Gasteiger partial charge < -0.3 is 9.30 Å². The van der Waals surface area contributed by atoms with Crippen LogP contribution in [0.2, 0.25) is 0 Å². The molecule has 6 heteroatoms. The maximum Gasteiger partial charge on any atom is 0.282 e. The molecule has 2 aromatic carbocycles. The first-order valence-electron chi connectivity index (χ1n) is 6.87. The van der Waals surface area contributed by atoms with Crippen molar-refractivity contribution < 1.29 is 18.1 Å². The molecule has 0 saturated carbocycles. The molecule has 1 aliphatic rings. The molecule has 0 unspecified atom stereocenters. The summed E-state index contributed by atoms with van der Waals surface area (Å²) >= 11 is 0. The number of hydrogen-bond donors (Lipinski definition) is 1. The molecular weight excluding hydrogens is 307 g/mol. The third-order valence-corrected chi connectivity index (χ3v) is 7.36. The van der Waals surface area contributed by atoms with Gasteiger partial charge in [-0.05, 0) is 0 Å². The molecule has 0 aromatic heterocycles. The Morgan fingerprint density at radius 2 is 1.50 bits per heavy atom. The van der Waals surface area contributed by atoms with E-state index in [4.69, 9.17) is 4.74 Å². The van der Waals surface area contributed by atoms with E-state index >= 15 is 0 Å². The van der Waals surface area contributed by atoms with Crippen molar-refractivity contribution in [2.45, 2.75) is 17.9 Å². The van der Waals surface area contributed by atoms with Crippen molar-refractivity contribution >= 4 is 17.8 Å². The van der Waals surface area contributed by atoms with Crippen molar-refractivity contribution in [2.75, 3.05) is 7.11 Å². The Balaban J connectivity index is 2.13. The van der Waals surface area contributed by atoms with E-state index in [0.717, 1.165) is 0 Å². The monoisotopic (exact) mass is 323 g/mol. The maximum atomic E-state index is 13.8. The lowest BCUT2D eigenvalue weighted by Crippen LogP contribution is -2.32. The minimum atomic E-state index is -3.29. The van der Waals surface area contributed by atoms with Gasteiger partial charge in [-0.3, -0.25) is 5.32 Å². The molecule has 0 bridgehead atoms. The summed E-state index contributed by atoms with van der Waals surface area (Å²) in [5, 5.41) is 3.71. The van der Waals surface area contributed by atoms with E-state index < -0.39 is 25.1 Å². The number of ether oxygens (including phenoxy) is 1. The third kappa shape index (κ3) is 2.21. The topological polar surface area (TPSA) is 48.2 Å². The molecule has 2 aromatic rings. The van der Waals surface area contributed by atoms with Gasteiger partial charge in [0.05, 0.1) is 0 Å². The Bertz CT molecular complexity index is 652. The molecule has 3 nitrogen and oxygen atoms in total. The average Bonchev–Trinajstić information content (AvgIpc) is 3.32. The van der Waals surface area contributed by atoms with Crippen molar-refractivity contribution in [3.63, 3.8) is 0 Å². The molecular formula is C16H16F2NO2P. The zero-order valence-electron chi connectivity index (χ0n) is 11.9. The summed E-state index contributed by atoms with van der Waals surface area (Å²) in [6.07, 6.45) is -2.76. The summed E-state index contributed by atoms with van der Waals surface area (Å²) in [4.78, 5) is 0. The van der Waals surface area contributed by atoms with E-state index in [1.807, 2.05) is 0 Å². The lowest BCUT2D eigenvalue weighted by Gasteiger charge is -2.21. The number of hydrogen-bond acceptors (Lipinski definition) is 3. The first kappa shape index (κ1) is 15.3. The Morgan fingerprint density at radius 3 is 1.82 bits per heavy atom. The van der Waals surface area contributed by atoms with Crippen LogP contribution in [0.15, 0.2) is 60.7 Å². The zero-order chi connectivity index (χ0) is 15.8. The van der Waals surface area contributed by atoms with Gasteiger partial charge in [0.1, 0.15) is 5.78 Å². The molecule has 0 amide bonds. The van der Waals surface area contributed by atoms with Gasteiger partial charge in [0.25, 0.3) is 6.43 Å². The second-order valence-corrected chi connectivity index (χ2v) is 8.04. The molecule has 1 fully saturated rings. The predicted octanol–water partition coefficient (Wildman–Crippen LogP) is 2.54. The van der Waals surface area contributed by atoms with Crippen LogP contribution < -0.4 is 15.9 Å². The summed E-state index contributed by atoms with van der Waals surface area (Å²) in [6, 6.07) is 17.5. The fourth-order valence-corrected chi connectivity index (χ4v) is 5.99. The first-order chi connectivity index (χ1) is 10.6. The molecule has 1 heterocycles. The number of rotatable bonds is 5. The molecule has 1 saturated heterocycles. The number of alkyl halides is 2. The van der Waals surface area contributed by atoms with Gasteiger partial charge in [-0.25, -0.2) is 8.78 Å². The maximum absolute atomic E-state index is 13.8. The van der Waals surface area contributed by atoms with Crippen molar-refractivity contribution in [3.8, 4) is 0 Å². The highest BCUT2D eigenvalue weighted by molar-refractivity contribution is 7.79. The highest BCUT2D eigenvalue weighted by Gasteiger charge is 2.69. The highest BCUT2D eigenvalue weighted by atomic mass is 31.2. The van der Waals surface area contributed by atoms with Gasteiger partial charge in [-0.1, -0.05) is 60.7 Å². The van der Waals surface area contributed by atoms with Crippen LogP contribution in [0.5, 0.6) is 0 Å². The summed E-state index contributed by atoms with van der Waals surface area (Å²) in [5.74, 6) is -0.935. The minimum absolute atomic E-state index is 0.540. The van der Waals surface area contributed by atoms with Crippen LogP contribution in [0.25, 0.3) is 0 Å². The molecule has 1 aliphatic heterocycles. The normalized spacial score (nSPS) is 24.5. The Kier molecular flexibility index (Phi) is 3.89. The summed E-state index contributed by atoms with van der Waals surface area (Å²) in [5.41, 5.74) is -1.85. The van der Waals surface area contributed by atoms with Crippen molar-refractivity contribution in [1.29, 1.82) is 0 Å². The van der Waals surface area contributed by atoms with E-state index in [0.29, 0.717) is 10.6 Å². The van der Waals surface area contributed by atoms with Gasteiger partial charge in [-0.2, -0.15) is 0 Å². The Labute approximate surface area is 127 Å². The predicted molar refractivity (Wildman–Crippen MR) is 82.4 cm³/mol. The van der Waals surface area contributed by atoms with E-state index in [-0.39, 0.29) is 0 Å². The molecule has 116 valence electrons. The van der Waals surface area contributed by atoms with Crippen molar-refractivity contribution in [3.05, 3.63) is 60.7 Å². The zero-order valence-corrected chi connectivity index (χ0v) is 12.8. The van der Waals surface area contributed by atoms with Gasteiger partial charge in [0, 0.05) is 17.7 Å². The lowest BCUT2D eigenvalue weighted by atomic mass is 10.4. The number of halogens is 2. The van der Waals surface area contributed by atoms with Gasteiger partial charge >= 0.3 is 0 Å². The van der Waals surface area contributed by atoms with Crippen molar-refractivity contribution in [1.82, 2.24) is 5.32 Å². The second kappa shape index (κ2) is 5.58. The van der Waals surface area contributed by atoms with Crippen LogP contribution in [-0.4, -0.2) is 25.0 Å². The SMILES string of the molecule is CO[C@]1(C(F)F)N[C@H]1P(=O)(c1ccccc1)c1ccccc1. The third-order valence-electron chi connectivity index (χ3n) is 3.99. The summed E-state index contributed by atoms with van der Waals surface area (Å²) in [7, 11) is -2.09. The van der Waals surface area contributed by atoms with Crippen LogP contribution in [-0.2, 0) is 9.30 Å². The number of nitrogens with one attached hydrogen (secondary N) is 1. The van der Waals surface area contributed by atoms with E-state index in [9.17, 15) is 13.3 Å². The van der Waals surface area contributed by atoms with Crippen LogP contribution in [0.3, 0.4) is 0 Å². The van der Waals surface area contributed by atoms with E-state index in [2.05, 4.69) is 5.32 Å². The molecule has 3 rings (SSSR count). The summed E-state index contributed by atoms with van der Waals surface area (Å²) < 4.78 is 45.5. The van der Waals surface area contributed by atoms with Gasteiger partial charge in [-0.15, -0.1) is 0 Å². The lowest BCUT2D eigenvalue weighted by molar-refractivity contribution is -0.0574. The van der Waals surface area contributed by atoms with Crippen LogP contribution >= 0.6 is 7.14 Å². The van der Waals surface area contributed by atoms with Crippen LogP contribution in [0.4, 0.5) is 8.78 Å². The van der Waals surface area contributed by atoms with E-state index in [1.165, 1.54) is 7.11 Å². The molecule has 22 heavy (non-hydrogen) atoms. The smallest absolute Gasteiger partial charge is 0.282 e. The fraction of sp³-hybridized carbons (Fsp3) is 0.250. The minimum Gasteiger partial charge on any atom is -0.356 e. The van der Waals surface area contributed by atoms with Gasteiger partial charge in [0.15, 0.2) is 7.14 Å². The van der Waals surface area contributed by atoms with Crippen molar-refractivity contribution in [2.24, 2.45) is 0 Å². The molecule has 0 aliphatic carbocycles. The Morgan fingerprint density at radius 1 is 1.05 bits per heavy atom.